The van der Waals surface area contributed by atoms with Gasteiger partial charge in [-0.25, -0.2) is 0 Å². The van der Waals surface area contributed by atoms with Crippen molar-refractivity contribution in [3.63, 3.8) is 0 Å². The number of hydrogen-bond acceptors (Lipinski definition) is 5. The lowest BCUT2D eigenvalue weighted by Gasteiger charge is -2.23. The topological polar surface area (TPSA) is 57.0 Å². The van der Waals surface area contributed by atoms with Crippen LogP contribution in [0.1, 0.15) is 18.4 Å². The zero-order valence-corrected chi connectivity index (χ0v) is 12.4. The average molecular weight is 301 g/mol. The van der Waals surface area contributed by atoms with Crippen molar-refractivity contribution in [3.8, 4) is 17.2 Å². The summed E-state index contributed by atoms with van der Waals surface area (Å²) in [6.07, 6.45) is 2.42. The van der Waals surface area contributed by atoms with Gasteiger partial charge in [0.05, 0.1) is 7.11 Å². The first-order chi connectivity index (χ1) is 9.31. The number of ether oxygens (including phenoxy) is 3. The minimum Gasteiger partial charge on any atom is -0.493 e. The van der Waals surface area contributed by atoms with Gasteiger partial charge >= 0.3 is 0 Å². The Morgan fingerprint density at radius 3 is 3.00 bits per heavy atom. The quantitative estimate of drug-likeness (QED) is 0.918. The smallest absolute Gasteiger partial charge is 0.231 e. The number of halogens is 1. The van der Waals surface area contributed by atoms with Gasteiger partial charge in [0.2, 0.25) is 12.5 Å². The number of fused-ring (bicyclic) bond motifs is 1. The Bertz CT molecular complexity index is 470. The van der Waals surface area contributed by atoms with E-state index in [0.29, 0.717) is 11.8 Å². The fourth-order valence-corrected chi connectivity index (χ4v) is 2.88. The molecule has 5 nitrogen and oxygen atoms in total. The number of nitrogens with two attached hydrogens (primary N) is 1. The Labute approximate surface area is 125 Å². The lowest BCUT2D eigenvalue weighted by atomic mass is 10.1. The van der Waals surface area contributed by atoms with Gasteiger partial charge in [0.15, 0.2) is 11.5 Å². The summed E-state index contributed by atoms with van der Waals surface area (Å²) in [5, 5.41) is 0. The molecule has 6 heteroatoms. The van der Waals surface area contributed by atoms with Gasteiger partial charge in [-0.15, -0.1) is 12.4 Å². The summed E-state index contributed by atoms with van der Waals surface area (Å²) in [4.78, 5) is 2.43. The molecular formula is C14H21ClN2O3. The summed E-state index contributed by atoms with van der Waals surface area (Å²) in [6, 6.07) is 4.56. The summed E-state index contributed by atoms with van der Waals surface area (Å²) in [5.74, 6) is 2.23. The molecule has 1 unspecified atom stereocenters. The molecule has 2 N–H and O–H groups in total. The summed E-state index contributed by atoms with van der Waals surface area (Å²) in [6.45, 7) is 2.99. The van der Waals surface area contributed by atoms with Crippen molar-refractivity contribution in [2.24, 2.45) is 5.73 Å². The molecule has 3 rings (SSSR count). The molecule has 0 amide bonds. The summed E-state index contributed by atoms with van der Waals surface area (Å²) < 4.78 is 16.2. The molecule has 0 bridgehead atoms. The maximum Gasteiger partial charge on any atom is 0.231 e. The molecule has 1 atom stereocenters. The van der Waals surface area contributed by atoms with E-state index in [9.17, 15) is 0 Å². The van der Waals surface area contributed by atoms with Crippen LogP contribution in [0.5, 0.6) is 17.2 Å². The maximum atomic E-state index is 5.81. The standard InChI is InChI=1S/C14H20N2O3.ClH/c1-17-12-5-10(6-13-14(12)19-9-18-13)8-16-4-2-3-11(16)7-15;/h5-6,11H,2-4,7-9,15H2,1H3;1H. The average Bonchev–Trinajstić information content (AvgIpc) is 3.06. The molecule has 2 heterocycles. The zero-order chi connectivity index (χ0) is 13.2. The van der Waals surface area contributed by atoms with Crippen LogP contribution < -0.4 is 19.9 Å². The highest BCUT2D eigenvalue weighted by Crippen LogP contribution is 2.42. The lowest BCUT2D eigenvalue weighted by Crippen LogP contribution is -2.34. The van der Waals surface area contributed by atoms with Crippen LogP contribution in [0.4, 0.5) is 0 Å². The normalized spacial score (nSPS) is 20.8. The fourth-order valence-electron chi connectivity index (χ4n) is 2.88. The van der Waals surface area contributed by atoms with Crippen molar-refractivity contribution < 1.29 is 14.2 Å². The number of benzene rings is 1. The highest BCUT2D eigenvalue weighted by atomic mass is 35.5. The molecular weight excluding hydrogens is 280 g/mol. The van der Waals surface area contributed by atoms with E-state index in [-0.39, 0.29) is 19.2 Å². The molecule has 112 valence electrons. The monoisotopic (exact) mass is 300 g/mol. The fraction of sp³-hybridized carbons (Fsp3) is 0.571. The molecule has 0 saturated carbocycles. The number of methoxy groups -OCH3 is 1. The number of likely N-dealkylation sites (tertiary alicyclic amines) is 1. The first-order valence-electron chi connectivity index (χ1n) is 6.72. The van der Waals surface area contributed by atoms with Crippen LogP contribution in [-0.4, -0.2) is 37.9 Å². The number of rotatable bonds is 4. The molecule has 0 aromatic heterocycles. The van der Waals surface area contributed by atoms with E-state index >= 15 is 0 Å². The van der Waals surface area contributed by atoms with E-state index in [4.69, 9.17) is 19.9 Å². The Kier molecular flexibility index (Phi) is 4.96. The van der Waals surface area contributed by atoms with Crippen molar-refractivity contribution in [1.29, 1.82) is 0 Å². The van der Waals surface area contributed by atoms with Gasteiger partial charge < -0.3 is 19.9 Å². The predicted octanol–water partition coefficient (Wildman–Crippen LogP) is 1.77. The largest absolute Gasteiger partial charge is 0.493 e. The molecule has 1 saturated heterocycles. The molecule has 1 fully saturated rings. The molecule has 2 aliphatic heterocycles. The third kappa shape index (κ3) is 2.80. The SMILES string of the molecule is COc1cc(CN2CCCC2CN)cc2c1OCO2.Cl. The predicted molar refractivity (Wildman–Crippen MR) is 78.9 cm³/mol. The van der Waals surface area contributed by atoms with Crippen molar-refractivity contribution in [2.45, 2.75) is 25.4 Å². The minimum atomic E-state index is 0. The Hall–Kier alpha value is -1.17. The maximum absolute atomic E-state index is 5.81. The Balaban J connectivity index is 0.00000147. The van der Waals surface area contributed by atoms with E-state index in [2.05, 4.69) is 4.90 Å². The van der Waals surface area contributed by atoms with E-state index in [0.717, 1.165) is 31.1 Å². The van der Waals surface area contributed by atoms with Gasteiger partial charge in [0.25, 0.3) is 0 Å². The van der Waals surface area contributed by atoms with Gasteiger partial charge in [-0.3, -0.25) is 4.90 Å². The second-order valence-corrected chi connectivity index (χ2v) is 5.03. The van der Waals surface area contributed by atoms with Crippen LogP contribution in [0.15, 0.2) is 12.1 Å². The number of nitrogens with zero attached hydrogens (tertiary/aromatic N) is 1. The van der Waals surface area contributed by atoms with Crippen LogP contribution in [0.2, 0.25) is 0 Å². The van der Waals surface area contributed by atoms with E-state index in [1.54, 1.807) is 7.11 Å². The van der Waals surface area contributed by atoms with Gasteiger partial charge in [-0.05, 0) is 37.1 Å². The third-order valence-corrected chi connectivity index (χ3v) is 3.87. The molecule has 1 aromatic rings. The van der Waals surface area contributed by atoms with Crippen LogP contribution in [-0.2, 0) is 6.54 Å². The van der Waals surface area contributed by atoms with Crippen LogP contribution >= 0.6 is 12.4 Å². The van der Waals surface area contributed by atoms with Crippen LogP contribution in [0.25, 0.3) is 0 Å². The third-order valence-electron chi connectivity index (χ3n) is 3.87. The highest BCUT2D eigenvalue weighted by Gasteiger charge is 2.25. The molecule has 0 aliphatic carbocycles. The molecule has 0 spiro atoms. The first-order valence-corrected chi connectivity index (χ1v) is 6.72. The summed E-state index contributed by atoms with van der Waals surface area (Å²) in [5.41, 5.74) is 6.99. The van der Waals surface area contributed by atoms with Gasteiger partial charge in [0.1, 0.15) is 0 Å². The zero-order valence-electron chi connectivity index (χ0n) is 11.6. The summed E-state index contributed by atoms with van der Waals surface area (Å²) in [7, 11) is 1.65. The second kappa shape index (κ2) is 6.52. The highest BCUT2D eigenvalue weighted by molar-refractivity contribution is 5.85. The van der Waals surface area contributed by atoms with E-state index < -0.39 is 0 Å². The molecule has 1 aromatic carbocycles. The van der Waals surface area contributed by atoms with Gasteiger partial charge in [-0.2, -0.15) is 0 Å². The minimum absolute atomic E-state index is 0. The van der Waals surface area contributed by atoms with Crippen molar-refractivity contribution in [2.75, 3.05) is 27.0 Å². The number of hydrogen-bond donors (Lipinski definition) is 1. The van der Waals surface area contributed by atoms with E-state index in [1.807, 2.05) is 12.1 Å². The first kappa shape index (κ1) is 15.2. The van der Waals surface area contributed by atoms with Crippen molar-refractivity contribution >= 4 is 12.4 Å². The molecule has 20 heavy (non-hydrogen) atoms. The van der Waals surface area contributed by atoms with Crippen LogP contribution in [0.3, 0.4) is 0 Å². The van der Waals surface area contributed by atoms with E-state index in [1.165, 1.54) is 18.4 Å². The second-order valence-electron chi connectivity index (χ2n) is 5.03. The molecule has 0 radical (unpaired) electrons. The molecule has 2 aliphatic rings. The van der Waals surface area contributed by atoms with Gasteiger partial charge in [-0.1, -0.05) is 0 Å². The van der Waals surface area contributed by atoms with Gasteiger partial charge in [0, 0.05) is 19.1 Å². The van der Waals surface area contributed by atoms with Crippen molar-refractivity contribution in [1.82, 2.24) is 4.90 Å². The lowest BCUT2D eigenvalue weighted by molar-refractivity contribution is 0.171. The Morgan fingerprint density at radius 1 is 1.40 bits per heavy atom. The van der Waals surface area contributed by atoms with Crippen LogP contribution in [0, 0.1) is 0 Å². The summed E-state index contributed by atoms with van der Waals surface area (Å²) >= 11 is 0. The van der Waals surface area contributed by atoms with Crippen molar-refractivity contribution in [3.05, 3.63) is 17.7 Å². The Morgan fingerprint density at radius 2 is 2.25 bits per heavy atom.